The van der Waals surface area contributed by atoms with Crippen molar-refractivity contribution < 1.29 is 18.8 Å². The Labute approximate surface area is 168 Å². The summed E-state index contributed by atoms with van der Waals surface area (Å²) >= 11 is 0. The maximum atomic E-state index is 13.5. The van der Waals surface area contributed by atoms with Gasteiger partial charge in [-0.1, -0.05) is 0 Å². The van der Waals surface area contributed by atoms with Crippen LogP contribution in [0.3, 0.4) is 0 Å². The van der Waals surface area contributed by atoms with Crippen molar-refractivity contribution in [1.82, 2.24) is 10.3 Å². The van der Waals surface area contributed by atoms with Crippen LogP contribution >= 0.6 is 0 Å². The average molecular weight is 397 g/mol. The van der Waals surface area contributed by atoms with E-state index in [2.05, 4.69) is 10.3 Å². The van der Waals surface area contributed by atoms with Gasteiger partial charge in [-0.05, 0) is 56.0 Å². The van der Waals surface area contributed by atoms with Gasteiger partial charge in [-0.2, -0.15) is 0 Å². The smallest absolute Gasteiger partial charge is 0.253 e. The molecule has 1 aromatic heterocycles. The molecule has 7 heteroatoms. The second-order valence-electron chi connectivity index (χ2n) is 7.94. The quantitative estimate of drug-likeness (QED) is 0.832. The Kier molecular flexibility index (Phi) is 4.98. The van der Waals surface area contributed by atoms with Crippen molar-refractivity contribution in [1.29, 1.82) is 0 Å². The summed E-state index contributed by atoms with van der Waals surface area (Å²) in [5, 5.41) is 3.04. The van der Waals surface area contributed by atoms with Crippen LogP contribution < -0.4 is 10.2 Å². The van der Waals surface area contributed by atoms with Crippen LogP contribution in [0.1, 0.15) is 58.6 Å². The van der Waals surface area contributed by atoms with Crippen molar-refractivity contribution in [2.75, 3.05) is 4.90 Å². The number of carbonyl (C=O) groups excluding carboxylic acids is 3. The van der Waals surface area contributed by atoms with Crippen molar-refractivity contribution in [2.45, 2.75) is 58.5 Å². The predicted octanol–water partition coefficient (Wildman–Crippen LogP) is 3.10. The monoisotopic (exact) mass is 397 g/mol. The van der Waals surface area contributed by atoms with E-state index in [1.165, 1.54) is 12.1 Å². The first-order valence-corrected chi connectivity index (χ1v) is 9.93. The maximum Gasteiger partial charge on any atom is 0.253 e. The Hall–Kier alpha value is -2.96. The Morgan fingerprint density at radius 1 is 1.24 bits per heavy atom. The van der Waals surface area contributed by atoms with Crippen molar-refractivity contribution >= 4 is 23.3 Å². The summed E-state index contributed by atoms with van der Waals surface area (Å²) < 4.78 is 13.5. The zero-order valence-corrected chi connectivity index (χ0v) is 16.6. The van der Waals surface area contributed by atoms with Crippen LogP contribution in [0, 0.1) is 19.7 Å². The number of hydrogen-bond donors (Lipinski definition) is 2. The first kappa shape index (κ1) is 19.4. The number of benzene rings is 1. The summed E-state index contributed by atoms with van der Waals surface area (Å²) in [6.45, 7) is 4.00. The van der Waals surface area contributed by atoms with Crippen molar-refractivity contribution in [3.63, 3.8) is 0 Å². The second-order valence-corrected chi connectivity index (χ2v) is 7.94. The lowest BCUT2D eigenvalue weighted by Gasteiger charge is -2.22. The summed E-state index contributed by atoms with van der Waals surface area (Å²) in [7, 11) is 0. The molecule has 0 radical (unpaired) electrons. The molecule has 4 rings (SSSR count). The van der Waals surface area contributed by atoms with E-state index >= 15 is 0 Å². The van der Waals surface area contributed by atoms with Crippen LogP contribution in [0.5, 0.6) is 0 Å². The highest BCUT2D eigenvalue weighted by molar-refractivity contribution is 6.01. The Bertz CT molecular complexity index is 1000. The minimum Gasteiger partial charge on any atom is -0.360 e. The summed E-state index contributed by atoms with van der Waals surface area (Å²) in [4.78, 5) is 41.6. The molecule has 2 N–H and O–H groups in total. The number of amides is 2. The van der Waals surface area contributed by atoms with Gasteiger partial charge >= 0.3 is 0 Å². The number of nitrogens with zero attached hydrogens (tertiary/aromatic N) is 1. The third-order valence-corrected chi connectivity index (χ3v) is 5.94. The molecule has 2 aliphatic rings. The van der Waals surface area contributed by atoms with Crippen LogP contribution in [0.25, 0.3) is 0 Å². The van der Waals surface area contributed by atoms with Crippen molar-refractivity contribution in [3.05, 3.63) is 52.1 Å². The molecule has 1 saturated carbocycles. The van der Waals surface area contributed by atoms with Crippen molar-refractivity contribution in [3.8, 4) is 0 Å². The van der Waals surface area contributed by atoms with Crippen LogP contribution in [-0.4, -0.2) is 28.6 Å². The molecular weight excluding hydrogens is 373 g/mol. The average Bonchev–Trinajstić information content (AvgIpc) is 3.12. The van der Waals surface area contributed by atoms with Gasteiger partial charge in [0.1, 0.15) is 11.6 Å². The number of ketones is 1. The van der Waals surface area contributed by atoms with E-state index in [-0.39, 0.29) is 35.9 Å². The Morgan fingerprint density at radius 2 is 1.97 bits per heavy atom. The normalized spacial score (nSPS) is 17.0. The van der Waals surface area contributed by atoms with E-state index in [9.17, 15) is 18.8 Å². The van der Waals surface area contributed by atoms with Gasteiger partial charge in [-0.15, -0.1) is 0 Å². The molecule has 0 atom stereocenters. The summed E-state index contributed by atoms with van der Waals surface area (Å²) in [6.07, 6.45) is 2.56. The van der Waals surface area contributed by atoms with Crippen molar-refractivity contribution in [2.24, 2.45) is 0 Å². The number of rotatable bonds is 4. The van der Waals surface area contributed by atoms with Crippen LogP contribution in [-0.2, 0) is 22.6 Å². The van der Waals surface area contributed by atoms with E-state index in [0.717, 1.165) is 17.0 Å². The maximum absolute atomic E-state index is 13.5. The van der Waals surface area contributed by atoms with Gasteiger partial charge in [-0.25, -0.2) is 4.39 Å². The highest BCUT2D eigenvalue weighted by atomic mass is 19.1. The van der Waals surface area contributed by atoms with Crippen LogP contribution in [0.15, 0.2) is 18.2 Å². The molecule has 2 amide bonds. The first-order chi connectivity index (χ1) is 13.8. The molecule has 1 fully saturated rings. The topological polar surface area (TPSA) is 82.3 Å². The number of nitrogens with one attached hydrogen (secondary N) is 2. The summed E-state index contributed by atoms with van der Waals surface area (Å²) in [5.41, 5.74) is 4.31. The number of aromatic nitrogens is 1. The van der Waals surface area contributed by atoms with E-state index in [4.69, 9.17) is 0 Å². The molecule has 1 aliphatic heterocycles. The van der Waals surface area contributed by atoms with E-state index in [0.29, 0.717) is 49.0 Å². The zero-order chi connectivity index (χ0) is 20.7. The molecule has 0 spiro atoms. The Balaban J connectivity index is 1.53. The van der Waals surface area contributed by atoms with Gasteiger partial charge in [0.2, 0.25) is 5.91 Å². The fourth-order valence-electron chi connectivity index (χ4n) is 4.34. The molecule has 1 aromatic carbocycles. The number of Topliss-reactive ketones (excluding diaryl/α,β-unsaturated/α-hetero) is 1. The number of H-pyrrole nitrogens is 1. The lowest BCUT2D eigenvalue weighted by atomic mass is 9.94. The molecular formula is C22H24FN3O3. The molecule has 2 aromatic rings. The van der Waals surface area contributed by atoms with E-state index in [1.54, 1.807) is 11.0 Å². The lowest BCUT2D eigenvalue weighted by molar-refractivity contribution is -0.120. The van der Waals surface area contributed by atoms with Gasteiger partial charge in [0.15, 0.2) is 0 Å². The second kappa shape index (κ2) is 7.46. The number of fused-ring (bicyclic) bond motifs is 1. The summed E-state index contributed by atoms with van der Waals surface area (Å²) in [6, 6.07) is 4.39. The zero-order valence-electron chi connectivity index (χ0n) is 16.6. The molecule has 152 valence electrons. The standard InChI is InChI=1S/C22H24FN3O3/c1-12-18(11-26-19-8-3-15(23)9-14(19)10-20(26)28)24-13(2)21(12)22(29)25-16-4-6-17(27)7-5-16/h3,8-9,16,24H,4-7,10-11H2,1-2H3,(H,25,29). The highest BCUT2D eigenvalue weighted by Crippen LogP contribution is 2.32. The highest BCUT2D eigenvalue weighted by Gasteiger charge is 2.30. The minimum absolute atomic E-state index is 0.0132. The molecule has 0 unspecified atom stereocenters. The van der Waals surface area contributed by atoms with E-state index in [1.807, 2.05) is 13.8 Å². The predicted molar refractivity (Wildman–Crippen MR) is 106 cm³/mol. The third-order valence-electron chi connectivity index (χ3n) is 5.94. The number of hydrogen-bond acceptors (Lipinski definition) is 3. The summed E-state index contributed by atoms with van der Waals surface area (Å²) in [5.74, 6) is -0.344. The van der Waals surface area contributed by atoms with Gasteiger partial charge < -0.3 is 15.2 Å². The lowest BCUT2D eigenvalue weighted by Crippen LogP contribution is -2.38. The molecule has 2 heterocycles. The van der Waals surface area contributed by atoms with Crippen LogP contribution in [0.4, 0.5) is 10.1 Å². The fourth-order valence-corrected chi connectivity index (χ4v) is 4.34. The largest absolute Gasteiger partial charge is 0.360 e. The Morgan fingerprint density at radius 3 is 2.69 bits per heavy atom. The number of anilines is 1. The fraction of sp³-hybridized carbons (Fsp3) is 0.409. The number of halogens is 1. The van der Waals surface area contributed by atoms with Crippen LogP contribution in [0.2, 0.25) is 0 Å². The first-order valence-electron chi connectivity index (χ1n) is 9.93. The van der Waals surface area contributed by atoms with Gasteiger partial charge in [0, 0.05) is 36.0 Å². The molecule has 6 nitrogen and oxygen atoms in total. The SMILES string of the molecule is Cc1[nH]c(CN2C(=O)Cc3cc(F)ccc32)c(C)c1C(=O)NC1CCC(=O)CC1. The molecule has 0 bridgehead atoms. The number of aryl methyl sites for hydroxylation is 1. The van der Waals surface area contributed by atoms with Gasteiger partial charge in [-0.3, -0.25) is 14.4 Å². The van der Waals surface area contributed by atoms with Gasteiger partial charge in [0.05, 0.1) is 18.5 Å². The van der Waals surface area contributed by atoms with E-state index < -0.39 is 0 Å². The van der Waals surface area contributed by atoms with Gasteiger partial charge in [0.25, 0.3) is 5.91 Å². The minimum atomic E-state index is -0.353. The molecule has 29 heavy (non-hydrogen) atoms. The molecule has 1 aliphatic carbocycles. The third kappa shape index (κ3) is 3.69. The number of aromatic amines is 1. The molecule has 0 saturated heterocycles. The number of carbonyl (C=O) groups is 3.